The summed E-state index contributed by atoms with van der Waals surface area (Å²) in [6.07, 6.45) is 1.53. The normalized spacial score (nSPS) is 11.1. The maximum atomic E-state index is 9.80. The molecule has 0 bridgehead atoms. The summed E-state index contributed by atoms with van der Waals surface area (Å²) in [5, 5.41) is 22.4. The van der Waals surface area contributed by atoms with Crippen LogP contribution in [0, 0.1) is 0 Å². The van der Waals surface area contributed by atoms with Gasteiger partial charge in [0, 0.05) is 4.47 Å². The van der Waals surface area contributed by atoms with Crippen LogP contribution in [-0.4, -0.2) is 24.9 Å². The molecule has 0 radical (unpaired) electrons. The van der Waals surface area contributed by atoms with Crippen molar-refractivity contribution >= 4 is 32.2 Å². The minimum absolute atomic E-state index is 0.194. The fourth-order valence-electron chi connectivity index (χ4n) is 1.35. The van der Waals surface area contributed by atoms with Crippen molar-refractivity contribution in [1.29, 1.82) is 0 Å². The highest BCUT2D eigenvalue weighted by atomic mass is 79.9. The smallest absolute Gasteiger partial charge is 0.234 e. The van der Waals surface area contributed by atoms with Crippen molar-refractivity contribution in [3.63, 3.8) is 0 Å². The van der Waals surface area contributed by atoms with Gasteiger partial charge in [0.1, 0.15) is 12.1 Å². The topological polar surface area (TPSA) is 63.3 Å². The van der Waals surface area contributed by atoms with Crippen molar-refractivity contribution in [3.8, 4) is 16.3 Å². The van der Waals surface area contributed by atoms with Crippen LogP contribution in [0.1, 0.15) is 0 Å². The molecule has 0 saturated heterocycles. The molecule has 80 valence electrons. The van der Waals surface area contributed by atoms with Crippen molar-refractivity contribution in [3.05, 3.63) is 29.0 Å². The van der Waals surface area contributed by atoms with Gasteiger partial charge in [-0.15, -0.1) is 10.2 Å². The van der Waals surface area contributed by atoms with Gasteiger partial charge in [-0.3, -0.25) is 0 Å². The molecule has 3 aromatic rings. The molecular formula is C9H5BrN4OS. The van der Waals surface area contributed by atoms with Crippen molar-refractivity contribution < 1.29 is 5.11 Å². The monoisotopic (exact) mass is 296 g/mol. The van der Waals surface area contributed by atoms with Gasteiger partial charge in [-0.1, -0.05) is 27.3 Å². The number of phenolic OH excluding ortho intramolecular Hbond substituents is 1. The van der Waals surface area contributed by atoms with Crippen molar-refractivity contribution in [2.45, 2.75) is 0 Å². The number of nitrogens with zero attached hydrogens (tertiary/aromatic N) is 4. The number of aromatic hydroxyl groups is 1. The summed E-state index contributed by atoms with van der Waals surface area (Å²) in [5.74, 6) is 0.194. The Morgan fingerprint density at radius 1 is 1.38 bits per heavy atom. The van der Waals surface area contributed by atoms with E-state index in [1.165, 1.54) is 17.7 Å². The molecule has 0 fully saturated rings. The molecule has 7 heteroatoms. The third kappa shape index (κ3) is 1.48. The van der Waals surface area contributed by atoms with E-state index in [2.05, 4.69) is 31.2 Å². The Labute approximate surface area is 103 Å². The minimum atomic E-state index is 0.194. The molecule has 3 rings (SSSR count). The van der Waals surface area contributed by atoms with E-state index in [4.69, 9.17) is 0 Å². The van der Waals surface area contributed by atoms with Gasteiger partial charge >= 0.3 is 0 Å². The standard InChI is InChI=1S/C9H5BrN4OS/c10-5-1-2-6(7(15)3-5)8-13-14-4-11-12-9(14)16-8/h1-4,15H. The lowest BCUT2D eigenvalue weighted by molar-refractivity contribution is 0.477. The molecule has 0 amide bonds. The van der Waals surface area contributed by atoms with Crippen LogP contribution in [-0.2, 0) is 0 Å². The zero-order valence-electron chi connectivity index (χ0n) is 7.83. The van der Waals surface area contributed by atoms with Crippen LogP contribution in [0.4, 0.5) is 0 Å². The molecule has 2 aromatic heterocycles. The van der Waals surface area contributed by atoms with Crippen LogP contribution in [0.3, 0.4) is 0 Å². The summed E-state index contributed by atoms with van der Waals surface area (Å²) in [7, 11) is 0. The van der Waals surface area contributed by atoms with E-state index in [-0.39, 0.29) is 5.75 Å². The van der Waals surface area contributed by atoms with Crippen molar-refractivity contribution in [2.75, 3.05) is 0 Å². The van der Waals surface area contributed by atoms with Gasteiger partial charge in [-0.05, 0) is 18.2 Å². The first-order chi connectivity index (χ1) is 7.74. The highest BCUT2D eigenvalue weighted by Gasteiger charge is 2.11. The largest absolute Gasteiger partial charge is 0.507 e. The predicted octanol–water partition coefficient (Wildman–Crippen LogP) is 2.32. The Morgan fingerprint density at radius 3 is 3.00 bits per heavy atom. The molecule has 1 N–H and O–H groups in total. The highest BCUT2D eigenvalue weighted by Crippen LogP contribution is 2.33. The first-order valence-corrected chi connectivity index (χ1v) is 6.01. The van der Waals surface area contributed by atoms with Gasteiger partial charge < -0.3 is 5.11 Å². The van der Waals surface area contributed by atoms with Gasteiger partial charge in [-0.25, -0.2) is 0 Å². The summed E-state index contributed by atoms with van der Waals surface area (Å²) in [6, 6.07) is 5.31. The van der Waals surface area contributed by atoms with Gasteiger partial charge in [-0.2, -0.15) is 9.61 Å². The zero-order chi connectivity index (χ0) is 11.1. The second kappa shape index (κ2) is 3.53. The summed E-state index contributed by atoms with van der Waals surface area (Å²) in [5.41, 5.74) is 0.693. The molecule has 0 unspecified atom stereocenters. The first kappa shape index (κ1) is 9.73. The molecule has 16 heavy (non-hydrogen) atoms. The number of benzene rings is 1. The summed E-state index contributed by atoms with van der Waals surface area (Å²) in [6.45, 7) is 0. The van der Waals surface area contributed by atoms with E-state index >= 15 is 0 Å². The second-order valence-electron chi connectivity index (χ2n) is 3.13. The van der Waals surface area contributed by atoms with Crippen LogP contribution in [0.15, 0.2) is 29.0 Å². The maximum absolute atomic E-state index is 9.80. The molecule has 0 saturated carbocycles. The Kier molecular flexibility index (Phi) is 2.15. The van der Waals surface area contributed by atoms with E-state index in [1.54, 1.807) is 10.6 Å². The lowest BCUT2D eigenvalue weighted by Gasteiger charge is -1.99. The third-order valence-corrected chi connectivity index (χ3v) is 3.52. The fourth-order valence-corrected chi connectivity index (χ4v) is 2.56. The third-order valence-electron chi connectivity index (χ3n) is 2.08. The van der Waals surface area contributed by atoms with Gasteiger partial charge in [0.05, 0.1) is 5.56 Å². The molecule has 2 heterocycles. The molecular weight excluding hydrogens is 292 g/mol. The molecule has 0 aliphatic rings. The van der Waals surface area contributed by atoms with Crippen molar-refractivity contribution in [1.82, 2.24) is 19.8 Å². The number of rotatable bonds is 1. The highest BCUT2D eigenvalue weighted by molar-refractivity contribution is 9.10. The Hall–Kier alpha value is -1.47. The van der Waals surface area contributed by atoms with Crippen LogP contribution < -0.4 is 0 Å². The molecule has 5 nitrogen and oxygen atoms in total. The Bertz CT molecular complexity index is 634. The molecule has 0 aliphatic heterocycles. The fraction of sp³-hybridized carbons (Fsp3) is 0. The second-order valence-corrected chi connectivity index (χ2v) is 5.00. The summed E-state index contributed by atoms with van der Waals surface area (Å²) < 4.78 is 2.42. The Morgan fingerprint density at radius 2 is 2.25 bits per heavy atom. The quantitative estimate of drug-likeness (QED) is 0.748. The van der Waals surface area contributed by atoms with E-state index in [9.17, 15) is 5.11 Å². The average molecular weight is 297 g/mol. The minimum Gasteiger partial charge on any atom is -0.507 e. The number of aromatic nitrogens is 4. The van der Waals surface area contributed by atoms with E-state index in [0.29, 0.717) is 10.5 Å². The van der Waals surface area contributed by atoms with Crippen molar-refractivity contribution in [2.24, 2.45) is 0 Å². The van der Waals surface area contributed by atoms with Gasteiger partial charge in [0.2, 0.25) is 4.96 Å². The molecule has 0 atom stereocenters. The van der Waals surface area contributed by atoms with Crippen LogP contribution in [0.5, 0.6) is 5.75 Å². The zero-order valence-corrected chi connectivity index (χ0v) is 10.2. The number of fused-ring (bicyclic) bond motifs is 1. The lowest BCUT2D eigenvalue weighted by Crippen LogP contribution is -1.83. The maximum Gasteiger partial charge on any atom is 0.234 e. The number of hydrogen-bond acceptors (Lipinski definition) is 5. The van der Waals surface area contributed by atoms with Crippen LogP contribution in [0.2, 0.25) is 0 Å². The van der Waals surface area contributed by atoms with E-state index in [1.807, 2.05) is 12.1 Å². The van der Waals surface area contributed by atoms with Gasteiger partial charge in [0.15, 0.2) is 5.01 Å². The molecule has 1 aromatic carbocycles. The number of hydrogen-bond donors (Lipinski definition) is 1. The Balaban J connectivity index is 2.19. The van der Waals surface area contributed by atoms with E-state index < -0.39 is 0 Å². The van der Waals surface area contributed by atoms with E-state index in [0.717, 1.165) is 9.48 Å². The first-order valence-electron chi connectivity index (χ1n) is 4.40. The summed E-state index contributed by atoms with van der Waals surface area (Å²) in [4.78, 5) is 0.706. The number of halogens is 1. The average Bonchev–Trinajstić information content (AvgIpc) is 2.76. The van der Waals surface area contributed by atoms with Crippen LogP contribution in [0.25, 0.3) is 15.5 Å². The molecule has 0 aliphatic carbocycles. The predicted molar refractivity (Wildman–Crippen MR) is 63.5 cm³/mol. The number of phenols is 1. The summed E-state index contributed by atoms with van der Waals surface area (Å²) >= 11 is 4.67. The lowest BCUT2D eigenvalue weighted by atomic mass is 10.2. The molecule has 0 spiro atoms. The SMILES string of the molecule is Oc1cc(Br)ccc1-c1nn2cnnc2s1. The van der Waals surface area contributed by atoms with Crippen LogP contribution >= 0.6 is 27.3 Å². The van der Waals surface area contributed by atoms with Gasteiger partial charge in [0.25, 0.3) is 0 Å².